The molecular weight excluding hydrogens is 1110 g/mol. The van der Waals surface area contributed by atoms with Crippen molar-refractivity contribution in [3.05, 3.63) is 69.3 Å². The molecule has 2 aromatic carbocycles. The Bertz CT molecular complexity index is 2440. The van der Waals surface area contributed by atoms with E-state index >= 15 is 9.59 Å². The highest BCUT2D eigenvalue weighted by molar-refractivity contribution is 14.1. The summed E-state index contributed by atoms with van der Waals surface area (Å²) in [5.41, 5.74) is -0.526. The molecule has 20 heteroatoms. The molecule has 0 aliphatic carbocycles. The monoisotopic (exact) mass is 1200 g/mol. The Morgan fingerprint density at radius 3 is 1.83 bits per heavy atom. The molecule has 0 bridgehead atoms. The van der Waals surface area contributed by atoms with Gasteiger partial charge in [0.15, 0.2) is 12.1 Å². The number of hydrogen-bond donors (Lipinski definition) is 4. The van der Waals surface area contributed by atoms with Gasteiger partial charge < -0.3 is 50.3 Å². The van der Waals surface area contributed by atoms with Crippen LogP contribution in [-0.2, 0) is 60.7 Å². The van der Waals surface area contributed by atoms with Crippen molar-refractivity contribution in [3.63, 3.8) is 0 Å². The fourth-order valence-corrected chi connectivity index (χ4v) is 10.8. The number of halogens is 1. The van der Waals surface area contributed by atoms with Crippen molar-refractivity contribution < 1.29 is 53.0 Å². The molecule has 0 aromatic heterocycles. The first-order valence-electron chi connectivity index (χ1n) is 27.6. The van der Waals surface area contributed by atoms with Gasteiger partial charge in [-0.3, -0.25) is 38.4 Å². The van der Waals surface area contributed by atoms with Crippen LogP contribution in [0, 0.1) is 21.3 Å². The van der Waals surface area contributed by atoms with Crippen LogP contribution in [0.3, 0.4) is 0 Å². The standard InChI is InChI=1S/C58H87IN8O11/c1-15-23-43-50(69)61-42(32-38-24-19-18-20-25-38)52(71)65(13)45(33-39-26-21-27-40(59)31-39)54(73)67-29-22-28-44(67)51(70)62-46(35(6)16-2)55(74)63(11)37(8)49(68)60-41(30-34(4)5)53(72)66(14)48(58(9,10)77)57(76)78-47(36(7)17-3)56(75)64(43)12/h18-21,24-27,31,34-37,41-48,77H,15-17,22-23,28-30,32-33H2,1-14H3,(H,60,68)(H,61,69)(H,62,70)/t35?,36-,37+,41?,42?,43+,44+,45?,46?,47?,48?/m1/s1. The minimum atomic E-state index is -1.96. The normalized spacial score (nSPS) is 26.6. The van der Waals surface area contributed by atoms with Crippen molar-refractivity contribution in [3.8, 4) is 0 Å². The van der Waals surface area contributed by atoms with Crippen molar-refractivity contribution in [1.29, 1.82) is 0 Å². The highest BCUT2D eigenvalue weighted by atomic mass is 127. The average molecular weight is 1200 g/mol. The molecule has 78 heavy (non-hydrogen) atoms. The van der Waals surface area contributed by atoms with E-state index in [4.69, 9.17) is 4.74 Å². The van der Waals surface area contributed by atoms with Gasteiger partial charge in [-0.05, 0) is 111 Å². The number of hydrogen-bond acceptors (Lipinski definition) is 11. The Morgan fingerprint density at radius 1 is 0.667 bits per heavy atom. The number of fused-ring (bicyclic) bond motifs is 1. The first-order valence-corrected chi connectivity index (χ1v) is 28.7. The number of likely N-dealkylation sites (N-methyl/N-ethyl adjacent to an activating group) is 4. The summed E-state index contributed by atoms with van der Waals surface area (Å²) in [4.78, 5) is 139. The second kappa shape index (κ2) is 29.0. The van der Waals surface area contributed by atoms with Crippen molar-refractivity contribution in [2.45, 2.75) is 187 Å². The third-order valence-electron chi connectivity index (χ3n) is 15.5. The van der Waals surface area contributed by atoms with Gasteiger partial charge in [-0.2, -0.15) is 0 Å². The summed E-state index contributed by atoms with van der Waals surface area (Å²) in [5, 5.41) is 20.3. The van der Waals surface area contributed by atoms with Gasteiger partial charge in [0.05, 0.1) is 5.60 Å². The van der Waals surface area contributed by atoms with Crippen LogP contribution in [0.5, 0.6) is 0 Å². The number of nitrogens with zero attached hydrogens (tertiary/aromatic N) is 5. The Balaban J connectivity index is 1.95. The van der Waals surface area contributed by atoms with Crippen molar-refractivity contribution in [2.24, 2.45) is 17.8 Å². The molecule has 2 heterocycles. The minimum absolute atomic E-state index is 0.0000642. The van der Waals surface area contributed by atoms with Crippen LogP contribution in [0.4, 0.5) is 0 Å². The number of carbonyl (C=O) groups excluding carboxylic acids is 9. The molecule has 4 N–H and O–H groups in total. The number of esters is 1. The van der Waals surface area contributed by atoms with E-state index in [1.807, 2.05) is 70.2 Å². The summed E-state index contributed by atoms with van der Waals surface area (Å²) >= 11 is 2.17. The third kappa shape index (κ3) is 16.5. The van der Waals surface area contributed by atoms with Gasteiger partial charge in [0.25, 0.3) is 5.91 Å². The van der Waals surface area contributed by atoms with Crippen molar-refractivity contribution >= 4 is 75.8 Å². The summed E-state index contributed by atoms with van der Waals surface area (Å²) in [6, 6.07) is 6.56. The molecule has 11 atom stereocenters. The first-order chi connectivity index (χ1) is 36.6. The lowest BCUT2D eigenvalue weighted by Crippen LogP contribution is -2.62. The topological polar surface area (TPSA) is 235 Å². The van der Waals surface area contributed by atoms with Crippen LogP contribution in [0.2, 0.25) is 0 Å². The number of cyclic esters (lactones) is 1. The van der Waals surface area contributed by atoms with Gasteiger partial charge in [-0.15, -0.1) is 0 Å². The number of rotatable bonds is 13. The van der Waals surface area contributed by atoms with Crippen LogP contribution in [0.15, 0.2) is 54.6 Å². The number of aliphatic hydroxyl groups is 1. The zero-order valence-corrected chi connectivity index (χ0v) is 50.5. The van der Waals surface area contributed by atoms with E-state index in [0.717, 1.165) is 14.0 Å². The fourth-order valence-electron chi connectivity index (χ4n) is 10.2. The van der Waals surface area contributed by atoms with Crippen LogP contribution >= 0.6 is 22.6 Å². The molecule has 8 amide bonds. The Labute approximate surface area is 475 Å². The Hall–Kier alpha value is -5.64. The summed E-state index contributed by atoms with van der Waals surface area (Å²) in [7, 11) is 5.63. The van der Waals surface area contributed by atoms with E-state index in [1.165, 1.54) is 68.6 Å². The smallest absolute Gasteiger partial charge is 0.332 e. The lowest BCUT2D eigenvalue weighted by atomic mass is 9.94. The average Bonchev–Trinajstić information content (AvgIpc) is 3.90. The summed E-state index contributed by atoms with van der Waals surface area (Å²) in [6.07, 6.45) is 0.689. The van der Waals surface area contributed by atoms with Gasteiger partial charge >= 0.3 is 5.97 Å². The molecular formula is C58H87IN8O11. The fraction of sp³-hybridized carbons (Fsp3) is 0.638. The molecule has 2 fully saturated rings. The van der Waals surface area contributed by atoms with Gasteiger partial charge in [-0.25, -0.2) is 4.79 Å². The SMILES string of the molecule is CCC[C@H]1C(=O)NC(Cc2ccccc2)C(=O)N(C)C(Cc2cccc(I)c2)C(=O)N2CCC[C@H]2C(=O)NC(C(C)CC)C(=O)N(C)[C@@H](C)C(=O)NC(CC(C)C)C(=O)N(C)C(C(C)(C)O)C(=O)OC([C@H](C)CC)C(=O)N1C. The van der Waals surface area contributed by atoms with E-state index in [0.29, 0.717) is 31.2 Å². The second-order valence-corrected chi connectivity index (χ2v) is 23.7. The largest absolute Gasteiger partial charge is 0.450 e. The molecule has 19 nitrogen and oxygen atoms in total. The molecule has 7 unspecified atom stereocenters. The number of nitrogens with one attached hydrogen (secondary N) is 3. The highest BCUT2D eigenvalue weighted by Gasteiger charge is 2.47. The molecule has 0 radical (unpaired) electrons. The molecule has 0 saturated carbocycles. The summed E-state index contributed by atoms with van der Waals surface area (Å²) in [6.45, 7) is 17.0. The van der Waals surface area contributed by atoms with Gasteiger partial charge in [0.2, 0.25) is 41.4 Å². The maximum absolute atomic E-state index is 15.3. The molecule has 0 spiro atoms. The predicted octanol–water partition coefficient (Wildman–Crippen LogP) is 4.48. The third-order valence-corrected chi connectivity index (χ3v) is 16.2. The number of carbonyl (C=O) groups is 9. The molecule has 2 aliphatic heterocycles. The van der Waals surface area contributed by atoms with E-state index < -0.39 is 125 Å². The number of benzene rings is 2. The van der Waals surface area contributed by atoms with E-state index in [9.17, 15) is 38.7 Å². The Morgan fingerprint density at radius 2 is 1.26 bits per heavy atom. The van der Waals surface area contributed by atoms with Crippen LogP contribution in [0.25, 0.3) is 0 Å². The lowest BCUT2D eigenvalue weighted by molar-refractivity contribution is -0.177. The van der Waals surface area contributed by atoms with Crippen LogP contribution < -0.4 is 16.0 Å². The maximum atomic E-state index is 15.3. The highest BCUT2D eigenvalue weighted by Crippen LogP contribution is 2.27. The zero-order chi connectivity index (χ0) is 58.5. The van der Waals surface area contributed by atoms with E-state index in [-0.39, 0.29) is 44.6 Å². The van der Waals surface area contributed by atoms with Crippen LogP contribution in [-0.4, -0.2) is 178 Å². The molecule has 2 saturated heterocycles. The predicted molar refractivity (Wildman–Crippen MR) is 305 cm³/mol. The van der Waals surface area contributed by atoms with Gasteiger partial charge in [-0.1, -0.05) is 104 Å². The van der Waals surface area contributed by atoms with E-state index in [1.54, 1.807) is 32.9 Å². The molecule has 432 valence electrons. The molecule has 4 rings (SSSR count). The van der Waals surface area contributed by atoms with Gasteiger partial charge in [0.1, 0.15) is 42.3 Å². The molecule has 2 aliphatic rings. The lowest BCUT2D eigenvalue weighted by Gasteiger charge is -2.39. The summed E-state index contributed by atoms with van der Waals surface area (Å²) in [5.74, 6) is -7.54. The maximum Gasteiger partial charge on any atom is 0.332 e. The minimum Gasteiger partial charge on any atom is -0.450 e. The zero-order valence-electron chi connectivity index (χ0n) is 48.3. The van der Waals surface area contributed by atoms with Crippen molar-refractivity contribution in [2.75, 3.05) is 34.7 Å². The Kier molecular flexibility index (Phi) is 24.1. The summed E-state index contributed by atoms with van der Waals surface area (Å²) < 4.78 is 6.96. The number of ether oxygens (including phenoxy) is 1. The first kappa shape index (κ1) is 64.9. The molecule has 2 aromatic rings. The quantitative estimate of drug-likeness (QED) is 0.161. The van der Waals surface area contributed by atoms with E-state index in [2.05, 4.69) is 38.5 Å². The number of amides is 8. The van der Waals surface area contributed by atoms with Crippen LogP contribution in [0.1, 0.15) is 125 Å². The van der Waals surface area contributed by atoms with Gasteiger partial charge in [0, 0.05) is 57.1 Å². The van der Waals surface area contributed by atoms with Crippen molar-refractivity contribution in [1.82, 2.24) is 40.4 Å². The second-order valence-electron chi connectivity index (χ2n) is 22.4.